The highest BCUT2D eigenvalue weighted by molar-refractivity contribution is 5.90. The highest BCUT2D eigenvalue weighted by Crippen LogP contribution is 2.32. The second-order valence-corrected chi connectivity index (χ2v) is 4.29. The van der Waals surface area contributed by atoms with E-state index in [0.29, 0.717) is 34.3 Å². The van der Waals surface area contributed by atoms with Crippen molar-refractivity contribution in [1.82, 2.24) is 4.98 Å². The molecule has 1 aromatic heterocycles. The number of anilines is 1. The number of esters is 1. The maximum absolute atomic E-state index is 11.5. The molecule has 0 aliphatic carbocycles. The van der Waals surface area contributed by atoms with Crippen molar-refractivity contribution in [2.75, 3.05) is 20.0 Å². The van der Waals surface area contributed by atoms with Crippen molar-refractivity contribution in [1.29, 1.82) is 0 Å². The van der Waals surface area contributed by atoms with Gasteiger partial charge < -0.3 is 19.9 Å². The summed E-state index contributed by atoms with van der Waals surface area (Å²) in [5.41, 5.74) is 7.19. The number of carbonyl (C=O) groups excluding carboxylic acids is 1. The molecule has 2 rings (SSSR count). The van der Waals surface area contributed by atoms with Gasteiger partial charge in [0.15, 0.2) is 11.5 Å². The van der Waals surface area contributed by atoms with Crippen LogP contribution in [0.3, 0.4) is 0 Å². The quantitative estimate of drug-likeness (QED) is 0.687. The van der Waals surface area contributed by atoms with E-state index in [2.05, 4.69) is 9.72 Å². The van der Waals surface area contributed by atoms with Gasteiger partial charge in [-0.25, -0.2) is 9.78 Å². The zero-order chi connectivity index (χ0) is 15.4. The fourth-order valence-corrected chi connectivity index (χ4v) is 1.81. The number of hydrogen-bond donors (Lipinski definition) is 1. The summed E-state index contributed by atoms with van der Waals surface area (Å²) >= 11 is 0. The van der Waals surface area contributed by atoms with E-state index in [1.54, 1.807) is 37.3 Å². The molecule has 0 aliphatic heterocycles. The molecule has 2 N–H and O–H groups in total. The third-order valence-corrected chi connectivity index (χ3v) is 2.87. The Bertz CT molecular complexity index is 671. The van der Waals surface area contributed by atoms with Gasteiger partial charge in [-0.2, -0.15) is 0 Å². The van der Waals surface area contributed by atoms with E-state index in [4.69, 9.17) is 15.2 Å². The van der Waals surface area contributed by atoms with Crippen molar-refractivity contribution >= 4 is 11.7 Å². The molecule has 0 spiro atoms. The number of hydrogen-bond acceptors (Lipinski definition) is 6. The lowest BCUT2D eigenvalue weighted by Gasteiger charge is -2.11. The first-order valence-corrected chi connectivity index (χ1v) is 6.22. The van der Waals surface area contributed by atoms with Crippen molar-refractivity contribution < 1.29 is 19.0 Å². The molecule has 0 radical (unpaired) electrons. The van der Waals surface area contributed by atoms with E-state index < -0.39 is 5.97 Å². The van der Waals surface area contributed by atoms with Gasteiger partial charge in [0, 0.05) is 17.8 Å². The van der Waals surface area contributed by atoms with Crippen LogP contribution in [0.5, 0.6) is 17.4 Å². The van der Waals surface area contributed by atoms with Crippen molar-refractivity contribution in [2.45, 2.75) is 6.92 Å². The summed E-state index contributed by atoms with van der Waals surface area (Å²) in [4.78, 5) is 15.7. The molecule has 0 bridgehead atoms. The summed E-state index contributed by atoms with van der Waals surface area (Å²) in [6.07, 6.45) is 0. The smallest absolute Gasteiger partial charge is 0.339 e. The first-order chi connectivity index (χ1) is 10.0. The number of pyridine rings is 1. The van der Waals surface area contributed by atoms with E-state index in [-0.39, 0.29) is 0 Å². The van der Waals surface area contributed by atoms with E-state index in [1.165, 1.54) is 14.2 Å². The number of methoxy groups -OCH3 is 2. The highest BCUT2D eigenvalue weighted by atomic mass is 16.5. The maximum Gasteiger partial charge on any atom is 0.339 e. The molecular formula is C15H16N2O4. The lowest BCUT2D eigenvalue weighted by atomic mass is 10.2. The van der Waals surface area contributed by atoms with Crippen LogP contribution in [0, 0.1) is 6.92 Å². The number of aryl methyl sites for hydroxylation is 1. The van der Waals surface area contributed by atoms with E-state index in [9.17, 15) is 4.79 Å². The Morgan fingerprint density at radius 1 is 1.14 bits per heavy atom. The highest BCUT2D eigenvalue weighted by Gasteiger charge is 2.13. The number of nitrogens with two attached hydrogens (primary N) is 1. The van der Waals surface area contributed by atoms with Crippen LogP contribution < -0.4 is 15.2 Å². The summed E-state index contributed by atoms with van der Waals surface area (Å²) < 4.78 is 15.5. The van der Waals surface area contributed by atoms with Gasteiger partial charge in [-0.05, 0) is 25.1 Å². The first-order valence-electron chi connectivity index (χ1n) is 6.22. The van der Waals surface area contributed by atoms with Crippen LogP contribution in [0.1, 0.15) is 16.1 Å². The average molecular weight is 288 g/mol. The Balaban J connectivity index is 2.30. The molecule has 21 heavy (non-hydrogen) atoms. The van der Waals surface area contributed by atoms with E-state index in [1.807, 2.05) is 0 Å². The fraction of sp³-hybridized carbons (Fsp3) is 0.200. The minimum absolute atomic E-state index is 0.337. The van der Waals surface area contributed by atoms with Crippen molar-refractivity contribution in [3.05, 3.63) is 41.6 Å². The van der Waals surface area contributed by atoms with Gasteiger partial charge in [-0.1, -0.05) is 0 Å². The minimum atomic E-state index is -0.437. The topological polar surface area (TPSA) is 83.7 Å². The molecular weight excluding hydrogens is 272 g/mol. The van der Waals surface area contributed by atoms with Crippen LogP contribution in [-0.2, 0) is 4.74 Å². The largest absolute Gasteiger partial charge is 0.493 e. The SMILES string of the molecule is COC(=O)c1ccc(Oc2cc(N)ccc2OC)nc1C. The van der Waals surface area contributed by atoms with Gasteiger partial charge in [0.1, 0.15) is 0 Å². The predicted molar refractivity (Wildman–Crippen MR) is 77.8 cm³/mol. The molecule has 1 aromatic carbocycles. The Morgan fingerprint density at radius 3 is 2.52 bits per heavy atom. The first kappa shape index (κ1) is 14.6. The van der Waals surface area contributed by atoms with E-state index >= 15 is 0 Å². The van der Waals surface area contributed by atoms with Crippen molar-refractivity contribution in [3.8, 4) is 17.4 Å². The second kappa shape index (κ2) is 6.13. The van der Waals surface area contributed by atoms with Crippen LogP contribution in [-0.4, -0.2) is 25.2 Å². The molecule has 0 saturated carbocycles. The molecule has 0 aliphatic rings. The Labute approximate surface area is 122 Å². The van der Waals surface area contributed by atoms with Crippen LogP contribution >= 0.6 is 0 Å². The molecule has 0 amide bonds. The second-order valence-electron chi connectivity index (χ2n) is 4.29. The zero-order valence-electron chi connectivity index (χ0n) is 12.0. The van der Waals surface area contributed by atoms with Gasteiger partial charge in [0.2, 0.25) is 5.88 Å². The summed E-state index contributed by atoms with van der Waals surface area (Å²) in [6, 6.07) is 8.25. The molecule has 2 aromatic rings. The van der Waals surface area contributed by atoms with Gasteiger partial charge >= 0.3 is 5.97 Å². The van der Waals surface area contributed by atoms with Crippen LogP contribution in [0.2, 0.25) is 0 Å². The van der Waals surface area contributed by atoms with Gasteiger partial charge in [0.05, 0.1) is 25.5 Å². The van der Waals surface area contributed by atoms with Crippen LogP contribution in [0.4, 0.5) is 5.69 Å². The third kappa shape index (κ3) is 3.22. The Kier molecular flexibility index (Phi) is 4.27. The number of ether oxygens (including phenoxy) is 3. The van der Waals surface area contributed by atoms with Gasteiger partial charge in [-0.15, -0.1) is 0 Å². The summed E-state index contributed by atoms with van der Waals surface area (Å²) in [7, 11) is 2.86. The molecule has 6 heteroatoms. The fourth-order valence-electron chi connectivity index (χ4n) is 1.81. The van der Waals surface area contributed by atoms with Gasteiger partial charge in [-0.3, -0.25) is 0 Å². The summed E-state index contributed by atoms with van der Waals surface area (Å²) in [6.45, 7) is 1.70. The molecule has 0 unspecified atom stereocenters. The standard InChI is InChI=1S/C15H16N2O4/c1-9-11(15(18)20-3)5-7-14(17-9)21-13-8-10(16)4-6-12(13)19-2/h4-8H,16H2,1-3H3. The normalized spacial score (nSPS) is 10.0. The number of aromatic nitrogens is 1. The Morgan fingerprint density at radius 2 is 1.90 bits per heavy atom. The number of nitrogen functional groups attached to an aromatic ring is 1. The molecule has 0 saturated heterocycles. The maximum atomic E-state index is 11.5. The minimum Gasteiger partial charge on any atom is -0.493 e. The summed E-state index contributed by atoms with van der Waals surface area (Å²) in [5.74, 6) is 0.896. The van der Waals surface area contributed by atoms with Crippen LogP contribution in [0.15, 0.2) is 30.3 Å². The Hall–Kier alpha value is -2.76. The molecule has 0 atom stereocenters. The number of rotatable bonds is 4. The molecule has 110 valence electrons. The molecule has 0 fully saturated rings. The number of nitrogens with zero attached hydrogens (tertiary/aromatic N) is 1. The van der Waals surface area contributed by atoms with E-state index in [0.717, 1.165) is 0 Å². The lowest BCUT2D eigenvalue weighted by molar-refractivity contribution is 0.0599. The zero-order valence-corrected chi connectivity index (χ0v) is 12.0. The molecule has 6 nitrogen and oxygen atoms in total. The number of benzene rings is 1. The van der Waals surface area contributed by atoms with Crippen molar-refractivity contribution in [2.24, 2.45) is 0 Å². The third-order valence-electron chi connectivity index (χ3n) is 2.87. The lowest BCUT2D eigenvalue weighted by Crippen LogP contribution is -2.05. The van der Waals surface area contributed by atoms with Gasteiger partial charge in [0.25, 0.3) is 0 Å². The summed E-state index contributed by atoms with van der Waals surface area (Å²) in [5, 5.41) is 0. The molecule has 1 heterocycles. The monoisotopic (exact) mass is 288 g/mol. The van der Waals surface area contributed by atoms with Crippen LogP contribution in [0.25, 0.3) is 0 Å². The van der Waals surface area contributed by atoms with Crippen molar-refractivity contribution in [3.63, 3.8) is 0 Å². The number of carbonyl (C=O) groups is 1. The average Bonchev–Trinajstić information content (AvgIpc) is 2.47. The predicted octanol–water partition coefficient (Wildman–Crippen LogP) is 2.56.